The first-order chi connectivity index (χ1) is 12.5. The van der Waals surface area contributed by atoms with E-state index in [0.29, 0.717) is 0 Å². The minimum absolute atomic E-state index is 0.0836. The second-order valence-corrected chi connectivity index (χ2v) is 7.10. The first kappa shape index (κ1) is 16.8. The number of fused-ring (bicyclic) bond motifs is 2. The van der Waals surface area contributed by atoms with Gasteiger partial charge in [-0.2, -0.15) is 0 Å². The summed E-state index contributed by atoms with van der Waals surface area (Å²) in [5.74, 6) is 0.799. The largest absolute Gasteiger partial charge is 0.348 e. The molecular weight excluding hydrogens is 325 g/mol. The number of aryl methyl sites for hydroxylation is 1. The lowest BCUT2D eigenvalue weighted by Crippen LogP contribution is -2.35. The SMILES string of the molecule is C=CCn1c(C)c(C)c2ccnc(N3CCc4ccc(F)cc4C3C)c21. The van der Waals surface area contributed by atoms with E-state index in [1.165, 1.54) is 22.2 Å². The van der Waals surface area contributed by atoms with Crippen LogP contribution in [-0.2, 0) is 13.0 Å². The highest BCUT2D eigenvalue weighted by Crippen LogP contribution is 2.38. The van der Waals surface area contributed by atoms with Crippen molar-refractivity contribution >= 4 is 16.7 Å². The van der Waals surface area contributed by atoms with Crippen molar-refractivity contribution in [3.05, 3.63) is 71.3 Å². The molecule has 1 atom stereocenters. The predicted molar refractivity (Wildman–Crippen MR) is 105 cm³/mol. The lowest BCUT2D eigenvalue weighted by Gasteiger charge is -2.36. The quantitative estimate of drug-likeness (QED) is 0.613. The summed E-state index contributed by atoms with van der Waals surface area (Å²) in [6.45, 7) is 12.0. The molecule has 3 aromatic rings. The van der Waals surface area contributed by atoms with Gasteiger partial charge in [0, 0.05) is 30.4 Å². The summed E-state index contributed by atoms with van der Waals surface area (Å²) in [6, 6.07) is 7.32. The molecule has 2 aromatic heterocycles. The molecule has 134 valence electrons. The van der Waals surface area contributed by atoms with Crippen molar-refractivity contribution in [2.75, 3.05) is 11.4 Å². The van der Waals surface area contributed by atoms with Gasteiger partial charge in [0.1, 0.15) is 5.82 Å². The molecule has 0 saturated heterocycles. The average Bonchev–Trinajstić information content (AvgIpc) is 2.88. The fourth-order valence-electron chi connectivity index (χ4n) is 4.22. The Morgan fingerprint density at radius 1 is 1.31 bits per heavy atom. The molecule has 0 saturated carbocycles. The van der Waals surface area contributed by atoms with Crippen LogP contribution in [0.3, 0.4) is 0 Å². The topological polar surface area (TPSA) is 21.1 Å². The lowest BCUT2D eigenvalue weighted by atomic mass is 9.93. The molecule has 26 heavy (non-hydrogen) atoms. The predicted octanol–water partition coefficient (Wildman–Crippen LogP) is 5.10. The number of halogens is 1. The zero-order valence-electron chi connectivity index (χ0n) is 15.6. The third-order valence-corrected chi connectivity index (χ3v) is 5.76. The molecule has 0 spiro atoms. The summed E-state index contributed by atoms with van der Waals surface area (Å²) < 4.78 is 16.1. The van der Waals surface area contributed by atoms with Crippen molar-refractivity contribution in [2.24, 2.45) is 0 Å². The van der Waals surface area contributed by atoms with Crippen molar-refractivity contribution < 1.29 is 4.39 Å². The second-order valence-electron chi connectivity index (χ2n) is 7.10. The van der Waals surface area contributed by atoms with Gasteiger partial charge in [-0.05, 0) is 62.1 Å². The molecule has 3 heterocycles. The van der Waals surface area contributed by atoms with Crippen molar-refractivity contribution in [3.8, 4) is 0 Å². The van der Waals surface area contributed by atoms with E-state index in [9.17, 15) is 4.39 Å². The fourth-order valence-corrected chi connectivity index (χ4v) is 4.22. The standard InChI is InChI=1S/C22H24FN3/c1-5-11-25-15(3)14(2)19-8-10-24-22(21(19)25)26-12-9-17-6-7-18(23)13-20(17)16(26)4/h5-8,10,13,16H,1,9,11-12H2,2-4H3. The molecule has 0 bridgehead atoms. The minimum atomic E-state index is -0.176. The average molecular weight is 349 g/mol. The summed E-state index contributed by atoms with van der Waals surface area (Å²) >= 11 is 0. The van der Waals surface area contributed by atoms with Crippen LogP contribution < -0.4 is 4.90 Å². The van der Waals surface area contributed by atoms with Gasteiger partial charge in [-0.25, -0.2) is 9.37 Å². The minimum Gasteiger partial charge on any atom is -0.348 e. The molecule has 1 aliphatic heterocycles. The fraction of sp³-hybridized carbons (Fsp3) is 0.318. The van der Waals surface area contributed by atoms with Crippen molar-refractivity contribution in [1.29, 1.82) is 0 Å². The van der Waals surface area contributed by atoms with Crippen molar-refractivity contribution in [3.63, 3.8) is 0 Å². The normalized spacial score (nSPS) is 16.8. The summed E-state index contributed by atoms with van der Waals surface area (Å²) in [6.07, 6.45) is 4.71. The highest BCUT2D eigenvalue weighted by molar-refractivity contribution is 5.93. The molecule has 0 radical (unpaired) electrons. The summed E-state index contributed by atoms with van der Waals surface area (Å²) in [5.41, 5.74) is 5.96. The Morgan fingerprint density at radius 2 is 2.12 bits per heavy atom. The van der Waals surface area contributed by atoms with Gasteiger partial charge in [-0.3, -0.25) is 0 Å². The van der Waals surface area contributed by atoms with Crippen LogP contribution in [0, 0.1) is 19.7 Å². The molecule has 3 nitrogen and oxygen atoms in total. The lowest BCUT2D eigenvalue weighted by molar-refractivity contribution is 0.590. The third kappa shape index (κ3) is 2.44. The van der Waals surface area contributed by atoms with E-state index in [2.05, 4.69) is 42.9 Å². The van der Waals surface area contributed by atoms with E-state index in [0.717, 1.165) is 36.4 Å². The van der Waals surface area contributed by atoms with Gasteiger partial charge < -0.3 is 9.47 Å². The maximum atomic E-state index is 13.8. The molecule has 1 aromatic carbocycles. The zero-order chi connectivity index (χ0) is 18.4. The maximum Gasteiger partial charge on any atom is 0.153 e. The van der Waals surface area contributed by atoms with Gasteiger partial charge >= 0.3 is 0 Å². The smallest absolute Gasteiger partial charge is 0.153 e. The van der Waals surface area contributed by atoms with Crippen LogP contribution in [0.25, 0.3) is 10.9 Å². The van der Waals surface area contributed by atoms with E-state index in [1.54, 1.807) is 12.1 Å². The molecule has 1 unspecified atom stereocenters. The third-order valence-electron chi connectivity index (χ3n) is 5.76. The molecule has 0 N–H and O–H groups in total. The molecule has 1 aliphatic rings. The Balaban J connectivity index is 1.90. The van der Waals surface area contributed by atoms with E-state index in [4.69, 9.17) is 4.98 Å². The van der Waals surface area contributed by atoms with Gasteiger partial charge in [0.25, 0.3) is 0 Å². The van der Waals surface area contributed by atoms with Crippen LogP contribution >= 0.6 is 0 Å². The second kappa shape index (κ2) is 6.27. The van der Waals surface area contributed by atoms with Crippen LogP contribution in [0.1, 0.15) is 35.3 Å². The zero-order valence-corrected chi connectivity index (χ0v) is 15.6. The first-order valence-corrected chi connectivity index (χ1v) is 9.13. The van der Waals surface area contributed by atoms with Gasteiger partial charge in [0.15, 0.2) is 5.82 Å². The Kier molecular flexibility index (Phi) is 4.06. The van der Waals surface area contributed by atoms with Crippen molar-refractivity contribution in [1.82, 2.24) is 9.55 Å². The molecule has 0 amide bonds. The molecule has 0 aliphatic carbocycles. The molecule has 0 fully saturated rings. The van der Waals surface area contributed by atoms with E-state index >= 15 is 0 Å². The number of hydrogen-bond donors (Lipinski definition) is 0. The number of benzene rings is 1. The number of aromatic nitrogens is 2. The highest BCUT2D eigenvalue weighted by Gasteiger charge is 2.28. The van der Waals surface area contributed by atoms with Crippen LogP contribution in [0.4, 0.5) is 10.2 Å². The van der Waals surface area contributed by atoms with Gasteiger partial charge in [0.05, 0.1) is 11.6 Å². The molecule has 4 heteroatoms. The van der Waals surface area contributed by atoms with Crippen LogP contribution in [-0.4, -0.2) is 16.1 Å². The van der Waals surface area contributed by atoms with E-state index in [-0.39, 0.29) is 11.9 Å². The number of anilines is 1. The van der Waals surface area contributed by atoms with Crippen LogP contribution in [0.15, 0.2) is 43.1 Å². The highest BCUT2D eigenvalue weighted by atomic mass is 19.1. The summed E-state index contributed by atoms with van der Waals surface area (Å²) in [4.78, 5) is 7.06. The Morgan fingerprint density at radius 3 is 2.88 bits per heavy atom. The summed E-state index contributed by atoms with van der Waals surface area (Å²) in [7, 11) is 0. The number of hydrogen-bond acceptors (Lipinski definition) is 2. The van der Waals surface area contributed by atoms with Crippen LogP contribution in [0.5, 0.6) is 0 Å². The van der Waals surface area contributed by atoms with Gasteiger partial charge in [-0.1, -0.05) is 12.1 Å². The molecular formula is C22H24FN3. The summed E-state index contributed by atoms with van der Waals surface area (Å²) in [5, 5.41) is 1.23. The molecule has 4 rings (SSSR count). The number of allylic oxidation sites excluding steroid dienone is 1. The number of rotatable bonds is 3. The first-order valence-electron chi connectivity index (χ1n) is 9.13. The Bertz CT molecular complexity index is 1000. The van der Waals surface area contributed by atoms with Crippen molar-refractivity contribution in [2.45, 2.75) is 39.8 Å². The Labute approximate surface area is 153 Å². The monoisotopic (exact) mass is 349 g/mol. The van der Waals surface area contributed by atoms with E-state index < -0.39 is 0 Å². The van der Waals surface area contributed by atoms with Crippen LogP contribution in [0.2, 0.25) is 0 Å². The number of pyridine rings is 1. The Hall–Kier alpha value is -2.62. The van der Waals surface area contributed by atoms with Gasteiger partial charge in [0.2, 0.25) is 0 Å². The maximum absolute atomic E-state index is 13.8. The van der Waals surface area contributed by atoms with E-state index in [1.807, 2.05) is 18.3 Å². The number of nitrogens with zero attached hydrogens (tertiary/aromatic N) is 3. The van der Waals surface area contributed by atoms with Gasteiger partial charge in [-0.15, -0.1) is 6.58 Å².